The van der Waals surface area contributed by atoms with Crippen LogP contribution in [0.5, 0.6) is 0 Å². The van der Waals surface area contributed by atoms with Crippen LogP contribution in [0, 0.1) is 5.82 Å². The number of nitrogens with zero attached hydrogens (tertiary/aromatic N) is 2. The van der Waals surface area contributed by atoms with Crippen molar-refractivity contribution < 1.29 is 14.0 Å². The zero-order valence-corrected chi connectivity index (χ0v) is 16.8. The fourth-order valence-corrected chi connectivity index (χ4v) is 3.38. The van der Waals surface area contributed by atoms with Crippen LogP contribution >= 0.6 is 11.6 Å². The second kappa shape index (κ2) is 10.2. The molecule has 29 heavy (non-hydrogen) atoms. The van der Waals surface area contributed by atoms with Crippen LogP contribution in [0.15, 0.2) is 48.5 Å². The van der Waals surface area contributed by atoms with E-state index in [-0.39, 0.29) is 24.3 Å². The highest BCUT2D eigenvalue weighted by Crippen LogP contribution is 2.11. The Labute approximate surface area is 174 Å². The zero-order valence-electron chi connectivity index (χ0n) is 16.0. The van der Waals surface area contributed by atoms with Gasteiger partial charge in [-0.2, -0.15) is 0 Å². The number of rotatable bonds is 6. The van der Waals surface area contributed by atoms with Crippen molar-refractivity contribution in [1.29, 1.82) is 0 Å². The Morgan fingerprint density at radius 3 is 2.45 bits per heavy atom. The number of carbonyl (C=O) groups excluding carboxylic acids is 2. The molecule has 0 aliphatic carbocycles. The molecule has 1 saturated heterocycles. The molecular formula is C21H24ClFN4O2. The molecule has 1 aliphatic heterocycles. The molecule has 1 fully saturated rings. The van der Waals surface area contributed by atoms with Gasteiger partial charge in [0.1, 0.15) is 5.82 Å². The van der Waals surface area contributed by atoms with E-state index in [1.54, 1.807) is 4.90 Å². The first kappa shape index (κ1) is 21.1. The van der Waals surface area contributed by atoms with Crippen molar-refractivity contribution in [3.05, 3.63) is 64.9 Å². The number of piperazine rings is 1. The monoisotopic (exact) mass is 418 g/mol. The van der Waals surface area contributed by atoms with Crippen LogP contribution in [-0.4, -0.2) is 61.0 Å². The fraction of sp³-hybridized carbons (Fsp3) is 0.333. The van der Waals surface area contributed by atoms with E-state index in [0.717, 1.165) is 12.0 Å². The van der Waals surface area contributed by atoms with Crippen LogP contribution in [0.25, 0.3) is 0 Å². The maximum absolute atomic E-state index is 12.9. The topological polar surface area (TPSA) is 64.7 Å². The first-order valence-electron chi connectivity index (χ1n) is 9.54. The Bertz CT molecular complexity index is 839. The summed E-state index contributed by atoms with van der Waals surface area (Å²) in [5, 5.41) is 6.37. The van der Waals surface area contributed by atoms with E-state index in [4.69, 9.17) is 11.6 Å². The summed E-state index contributed by atoms with van der Waals surface area (Å²) >= 11 is 5.97. The van der Waals surface area contributed by atoms with E-state index in [2.05, 4.69) is 10.6 Å². The number of urea groups is 1. The van der Waals surface area contributed by atoms with E-state index >= 15 is 0 Å². The number of hydrogen-bond acceptors (Lipinski definition) is 3. The molecule has 0 aromatic heterocycles. The highest BCUT2D eigenvalue weighted by Gasteiger charge is 2.22. The number of anilines is 1. The van der Waals surface area contributed by atoms with Gasteiger partial charge in [-0.3, -0.25) is 9.69 Å². The molecule has 0 spiro atoms. The molecule has 2 aromatic carbocycles. The first-order valence-corrected chi connectivity index (χ1v) is 9.92. The lowest BCUT2D eigenvalue weighted by atomic mass is 10.1. The molecule has 0 bridgehead atoms. The first-order chi connectivity index (χ1) is 14.0. The van der Waals surface area contributed by atoms with Crippen molar-refractivity contribution in [2.24, 2.45) is 0 Å². The van der Waals surface area contributed by atoms with E-state index in [0.29, 0.717) is 43.4 Å². The van der Waals surface area contributed by atoms with Gasteiger partial charge in [-0.1, -0.05) is 23.7 Å². The number of halogens is 2. The number of nitrogens with one attached hydrogen (secondary N) is 2. The number of benzene rings is 2. The Balaban J connectivity index is 1.35. The van der Waals surface area contributed by atoms with Crippen LogP contribution in [0.3, 0.4) is 0 Å². The molecule has 6 nitrogen and oxygen atoms in total. The summed E-state index contributed by atoms with van der Waals surface area (Å²) in [6.45, 7) is 3.15. The molecule has 154 valence electrons. The molecule has 2 N–H and O–H groups in total. The molecule has 0 saturated carbocycles. The van der Waals surface area contributed by atoms with Gasteiger partial charge in [-0.25, -0.2) is 9.18 Å². The van der Waals surface area contributed by atoms with Gasteiger partial charge in [-0.15, -0.1) is 0 Å². The third-order valence-corrected chi connectivity index (χ3v) is 4.97. The molecule has 3 amide bonds. The van der Waals surface area contributed by atoms with Crippen LogP contribution in [0.2, 0.25) is 5.02 Å². The average Bonchev–Trinajstić information content (AvgIpc) is 2.70. The van der Waals surface area contributed by atoms with E-state index in [1.165, 1.54) is 24.3 Å². The number of amides is 3. The summed E-state index contributed by atoms with van der Waals surface area (Å²) in [5.41, 5.74) is 1.64. The van der Waals surface area contributed by atoms with Gasteiger partial charge < -0.3 is 15.5 Å². The molecule has 0 atom stereocenters. The molecule has 2 aromatic rings. The Morgan fingerprint density at radius 1 is 1.03 bits per heavy atom. The normalized spacial score (nSPS) is 14.5. The second-order valence-electron chi connectivity index (χ2n) is 6.93. The molecule has 1 aliphatic rings. The minimum atomic E-state index is -0.343. The minimum Gasteiger partial charge on any atom is -0.338 e. The van der Waals surface area contributed by atoms with Gasteiger partial charge >= 0.3 is 6.03 Å². The fourth-order valence-electron chi connectivity index (χ4n) is 3.16. The van der Waals surface area contributed by atoms with Crippen LogP contribution in [0.4, 0.5) is 14.9 Å². The summed E-state index contributed by atoms with van der Waals surface area (Å²) < 4.78 is 12.9. The van der Waals surface area contributed by atoms with Gasteiger partial charge in [0.15, 0.2) is 0 Å². The van der Waals surface area contributed by atoms with Crippen molar-refractivity contribution >= 4 is 29.2 Å². The molecule has 3 rings (SSSR count). The highest BCUT2D eigenvalue weighted by atomic mass is 35.5. The van der Waals surface area contributed by atoms with Crippen LogP contribution < -0.4 is 10.6 Å². The standard InChI is InChI=1S/C21H24ClFN4O2/c22-17-3-1-2-16(14-17)8-9-24-21(29)27-12-10-26(11-13-27)15-20(28)25-19-6-4-18(23)5-7-19/h1-7,14H,8-13,15H2,(H,24,29)(H,25,28). The van der Waals surface area contributed by atoms with Crippen molar-refractivity contribution in [1.82, 2.24) is 15.1 Å². The summed E-state index contributed by atoms with van der Waals surface area (Å²) in [6, 6.07) is 13.2. The van der Waals surface area contributed by atoms with Gasteiger partial charge in [0, 0.05) is 43.4 Å². The zero-order chi connectivity index (χ0) is 20.6. The van der Waals surface area contributed by atoms with Crippen molar-refractivity contribution in [3.63, 3.8) is 0 Å². The highest BCUT2D eigenvalue weighted by molar-refractivity contribution is 6.30. The summed E-state index contributed by atoms with van der Waals surface area (Å²) in [4.78, 5) is 28.2. The molecular weight excluding hydrogens is 395 g/mol. The number of carbonyl (C=O) groups is 2. The molecule has 0 radical (unpaired) electrons. The molecule has 8 heteroatoms. The van der Waals surface area contributed by atoms with Gasteiger partial charge in [0.2, 0.25) is 5.91 Å². The smallest absolute Gasteiger partial charge is 0.317 e. The van der Waals surface area contributed by atoms with Gasteiger partial charge in [-0.05, 0) is 48.4 Å². The maximum Gasteiger partial charge on any atom is 0.317 e. The Hall–Kier alpha value is -2.64. The third kappa shape index (κ3) is 6.73. The quantitative estimate of drug-likeness (QED) is 0.758. The van der Waals surface area contributed by atoms with E-state index in [9.17, 15) is 14.0 Å². The van der Waals surface area contributed by atoms with Crippen molar-refractivity contribution in [3.8, 4) is 0 Å². The Morgan fingerprint density at radius 2 is 1.76 bits per heavy atom. The van der Waals surface area contributed by atoms with Crippen LogP contribution in [-0.2, 0) is 11.2 Å². The molecule has 1 heterocycles. The summed E-state index contributed by atoms with van der Waals surface area (Å²) in [5.74, 6) is -0.499. The van der Waals surface area contributed by atoms with Crippen molar-refractivity contribution in [2.75, 3.05) is 44.6 Å². The predicted octanol–water partition coefficient (Wildman–Crippen LogP) is 2.99. The summed E-state index contributed by atoms with van der Waals surface area (Å²) in [7, 11) is 0. The lowest BCUT2D eigenvalue weighted by Crippen LogP contribution is -2.53. The predicted molar refractivity (Wildman–Crippen MR) is 112 cm³/mol. The van der Waals surface area contributed by atoms with Gasteiger partial charge in [0.25, 0.3) is 0 Å². The largest absolute Gasteiger partial charge is 0.338 e. The third-order valence-electron chi connectivity index (χ3n) is 4.73. The van der Waals surface area contributed by atoms with Crippen molar-refractivity contribution in [2.45, 2.75) is 6.42 Å². The van der Waals surface area contributed by atoms with E-state index < -0.39 is 0 Å². The minimum absolute atomic E-state index is 0.0950. The molecule has 0 unspecified atom stereocenters. The maximum atomic E-state index is 12.9. The van der Waals surface area contributed by atoms with Gasteiger partial charge in [0.05, 0.1) is 6.54 Å². The lowest BCUT2D eigenvalue weighted by Gasteiger charge is -2.34. The SMILES string of the molecule is O=C(CN1CCN(C(=O)NCCc2cccc(Cl)c2)CC1)Nc1ccc(F)cc1. The Kier molecular flexibility index (Phi) is 7.43. The second-order valence-corrected chi connectivity index (χ2v) is 7.37. The lowest BCUT2D eigenvalue weighted by molar-refractivity contribution is -0.117. The number of hydrogen-bond donors (Lipinski definition) is 2. The van der Waals surface area contributed by atoms with Crippen LogP contribution in [0.1, 0.15) is 5.56 Å². The average molecular weight is 419 g/mol. The summed E-state index contributed by atoms with van der Waals surface area (Å²) in [6.07, 6.45) is 0.718. The van der Waals surface area contributed by atoms with E-state index in [1.807, 2.05) is 29.2 Å².